The van der Waals surface area contributed by atoms with E-state index in [1.807, 2.05) is 38.8 Å². The summed E-state index contributed by atoms with van der Waals surface area (Å²) in [6.07, 6.45) is 6.36. The third kappa shape index (κ3) is 4.90. The summed E-state index contributed by atoms with van der Waals surface area (Å²) in [6, 6.07) is 7.30. The van der Waals surface area contributed by atoms with Gasteiger partial charge >= 0.3 is 6.03 Å². The summed E-state index contributed by atoms with van der Waals surface area (Å²) in [5.74, 6) is 0.0635. The van der Waals surface area contributed by atoms with Crippen molar-refractivity contribution in [3.05, 3.63) is 56.2 Å². The van der Waals surface area contributed by atoms with Crippen molar-refractivity contribution in [3.63, 3.8) is 0 Å². The Morgan fingerprint density at radius 1 is 1.13 bits per heavy atom. The molecule has 5 nitrogen and oxygen atoms in total. The van der Waals surface area contributed by atoms with Crippen LogP contribution in [0.4, 0.5) is 10.5 Å². The molecular weight excluding hydrogens is 486 g/mol. The molecule has 2 aliphatic rings. The minimum atomic E-state index is -0.117. The first-order valence-corrected chi connectivity index (χ1v) is 12.1. The number of anilines is 1. The van der Waals surface area contributed by atoms with Gasteiger partial charge in [0.15, 0.2) is 0 Å². The molecule has 0 aliphatic carbocycles. The van der Waals surface area contributed by atoms with E-state index in [0.717, 1.165) is 55.5 Å². The lowest BCUT2D eigenvalue weighted by Crippen LogP contribution is -2.44. The number of hydrogen-bond donors (Lipinski definition) is 1. The second-order valence-electron chi connectivity index (χ2n) is 7.94. The fourth-order valence-electron chi connectivity index (χ4n) is 4.15. The highest BCUT2D eigenvalue weighted by atomic mass is 79.9. The van der Waals surface area contributed by atoms with Crippen molar-refractivity contribution in [2.24, 2.45) is 5.41 Å². The first-order chi connectivity index (χ1) is 14.4. The van der Waals surface area contributed by atoms with E-state index in [0.29, 0.717) is 10.7 Å². The second kappa shape index (κ2) is 9.12. The summed E-state index contributed by atoms with van der Waals surface area (Å²) in [6.45, 7) is 2.92. The van der Waals surface area contributed by atoms with Gasteiger partial charge in [-0.05, 0) is 71.3 Å². The van der Waals surface area contributed by atoms with Crippen molar-refractivity contribution in [3.8, 4) is 0 Å². The quantitative estimate of drug-likeness (QED) is 0.539. The van der Waals surface area contributed by atoms with Crippen LogP contribution < -0.4 is 5.32 Å². The first kappa shape index (κ1) is 21.4. The summed E-state index contributed by atoms with van der Waals surface area (Å²) >= 11 is 11.2. The maximum atomic E-state index is 12.7. The molecule has 0 saturated carbocycles. The lowest BCUT2D eigenvalue weighted by atomic mass is 9.78. The van der Waals surface area contributed by atoms with Gasteiger partial charge in [-0.15, -0.1) is 0 Å². The van der Waals surface area contributed by atoms with Gasteiger partial charge in [-0.25, -0.2) is 4.79 Å². The van der Waals surface area contributed by atoms with E-state index in [9.17, 15) is 9.59 Å². The Kier molecular flexibility index (Phi) is 6.51. The lowest BCUT2D eigenvalue weighted by Gasteiger charge is -2.38. The van der Waals surface area contributed by atoms with E-state index >= 15 is 0 Å². The number of halogens is 2. The Labute approximate surface area is 193 Å². The van der Waals surface area contributed by atoms with Gasteiger partial charge in [-0.3, -0.25) is 4.79 Å². The van der Waals surface area contributed by atoms with Crippen LogP contribution in [0.2, 0.25) is 5.02 Å². The molecule has 30 heavy (non-hydrogen) atoms. The third-order valence-electron chi connectivity index (χ3n) is 6.00. The maximum absolute atomic E-state index is 12.7. The van der Waals surface area contributed by atoms with Gasteiger partial charge < -0.3 is 15.1 Å². The van der Waals surface area contributed by atoms with E-state index in [-0.39, 0.29) is 17.4 Å². The lowest BCUT2D eigenvalue weighted by molar-refractivity contribution is -0.128. The monoisotopic (exact) mass is 507 g/mol. The molecule has 0 unspecified atom stereocenters. The van der Waals surface area contributed by atoms with Crippen LogP contribution in [-0.4, -0.2) is 47.9 Å². The smallest absolute Gasteiger partial charge is 0.321 e. The van der Waals surface area contributed by atoms with Crippen molar-refractivity contribution in [1.29, 1.82) is 0 Å². The molecule has 3 heterocycles. The number of amides is 3. The molecule has 2 aliphatic heterocycles. The number of piperidine rings is 1. The highest BCUT2D eigenvalue weighted by Crippen LogP contribution is 2.40. The topological polar surface area (TPSA) is 52.7 Å². The van der Waals surface area contributed by atoms with Gasteiger partial charge in [0.05, 0.1) is 10.7 Å². The van der Waals surface area contributed by atoms with Gasteiger partial charge in [0.1, 0.15) is 0 Å². The predicted molar refractivity (Wildman–Crippen MR) is 126 cm³/mol. The fraction of sp³-hybridized carbons (Fsp3) is 0.364. The van der Waals surface area contributed by atoms with Crippen LogP contribution in [0.15, 0.2) is 45.6 Å². The van der Waals surface area contributed by atoms with Gasteiger partial charge in [0, 0.05) is 36.7 Å². The zero-order chi connectivity index (χ0) is 21.1. The molecule has 1 aromatic carbocycles. The molecule has 2 aromatic rings. The maximum Gasteiger partial charge on any atom is 0.321 e. The van der Waals surface area contributed by atoms with Crippen molar-refractivity contribution >= 4 is 62.6 Å². The van der Waals surface area contributed by atoms with Crippen LogP contribution in [0.25, 0.3) is 6.08 Å². The fourth-order valence-corrected chi connectivity index (χ4v) is 5.50. The Morgan fingerprint density at radius 3 is 2.53 bits per heavy atom. The highest BCUT2D eigenvalue weighted by molar-refractivity contribution is 9.10. The van der Waals surface area contributed by atoms with Crippen LogP contribution in [0.5, 0.6) is 0 Å². The average molecular weight is 509 g/mol. The van der Waals surface area contributed by atoms with Crippen molar-refractivity contribution in [2.75, 3.05) is 31.5 Å². The zero-order valence-electron chi connectivity index (χ0n) is 16.4. The third-order valence-corrected chi connectivity index (χ3v) is 7.50. The molecule has 4 rings (SSSR count). The largest absolute Gasteiger partial charge is 0.339 e. The summed E-state index contributed by atoms with van der Waals surface area (Å²) in [7, 11) is 0. The van der Waals surface area contributed by atoms with Crippen molar-refractivity contribution in [2.45, 2.75) is 19.3 Å². The molecule has 1 spiro atoms. The molecule has 1 N–H and O–H groups in total. The highest BCUT2D eigenvalue weighted by Gasteiger charge is 2.42. The molecular formula is C22H23BrClN3O2S. The van der Waals surface area contributed by atoms with E-state index in [1.54, 1.807) is 29.5 Å². The predicted octanol–water partition coefficient (Wildman–Crippen LogP) is 5.72. The van der Waals surface area contributed by atoms with Crippen LogP contribution >= 0.6 is 38.9 Å². The molecule has 2 saturated heterocycles. The van der Waals surface area contributed by atoms with Gasteiger partial charge in [0.2, 0.25) is 5.91 Å². The van der Waals surface area contributed by atoms with Crippen molar-refractivity contribution < 1.29 is 9.59 Å². The Hall–Kier alpha value is -1.83. The number of carbonyl (C=O) groups is 2. The molecule has 0 bridgehead atoms. The summed E-state index contributed by atoms with van der Waals surface area (Å²) < 4.78 is 0.872. The molecule has 8 heteroatoms. The van der Waals surface area contributed by atoms with E-state index in [1.165, 1.54) is 0 Å². The minimum Gasteiger partial charge on any atom is -0.339 e. The van der Waals surface area contributed by atoms with Crippen molar-refractivity contribution in [1.82, 2.24) is 9.80 Å². The Balaban J connectivity index is 1.30. The SMILES string of the molecule is O=C(C=Cc1ccsc1)N1CCC2(CC1)CCN(C(=O)Nc1ccc(Br)cc1Cl)C2. The van der Waals surface area contributed by atoms with Crippen LogP contribution in [-0.2, 0) is 4.79 Å². The molecule has 0 radical (unpaired) electrons. The average Bonchev–Trinajstić information content (AvgIpc) is 3.39. The Bertz CT molecular complexity index is 955. The summed E-state index contributed by atoms with van der Waals surface area (Å²) in [5, 5.41) is 7.45. The van der Waals surface area contributed by atoms with Crippen LogP contribution in [0.1, 0.15) is 24.8 Å². The minimum absolute atomic E-state index is 0.0635. The summed E-state index contributed by atoms with van der Waals surface area (Å²) in [4.78, 5) is 29.0. The molecule has 0 atom stereocenters. The molecule has 158 valence electrons. The number of carbonyl (C=O) groups excluding carboxylic acids is 2. The van der Waals surface area contributed by atoms with Gasteiger partial charge in [-0.1, -0.05) is 27.5 Å². The number of benzene rings is 1. The first-order valence-electron chi connectivity index (χ1n) is 9.94. The van der Waals surface area contributed by atoms with E-state index in [4.69, 9.17) is 11.6 Å². The summed E-state index contributed by atoms with van der Waals surface area (Å²) in [5.41, 5.74) is 1.78. The molecule has 3 amide bonds. The number of likely N-dealkylation sites (tertiary alicyclic amines) is 2. The van der Waals surface area contributed by atoms with E-state index < -0.39 is 0 Å². The number of urea groups is 1. The second-order valence-corrected chi connectivity index (χ2v) is 10.0. The number of hydrogen-bond acceptors (Lipinski definition) is 3. The number of nitrogens with one attached hydrogen (secondary N) is 1. The number of rotatable bonds is 3. The van der Waals surface area contributed by atoms with Crippen LogP contribution in [0, 0.1) is 5.41 Å². The zero-order valence-corrected chi connectivity index (χ0v) is 19.6. The number of nitrogens with zero attached hydrogens (tertiary/aromatic N) is 2. The molecule has 1 aromatic heterocycles. The standard InChI is InChI=1S/C22H23BrClN3O2S/c23-17-2-3-19(18(24)13-17)25-21(29)27-11-8-22(15-27)6-9-26(10-7-22)20(28)4-1-16-5-12-30-14-16/h1-5,12-14H,6-11,15H2,(H,25,29). The Morgan fingerprint density at radius 2 is 1.87 bits per heavy atom. The van der Waals surface area contributed by atoms with Gasteiger partial charge in [-0.2, -0.15) is 11.3 Å². The molecule has 2 fully saturated rings. The normalized spacial score (nSPS) is 18.3. The van der Waals surface area contributed by atoms with E-state index in [2.05, 4.69) is 21.2 Å². The van der Waals surface area contributed by atoms with Gasteiger partial charge in [0.25, 0.3) is 0 Å². The van der Waals surface area contributed by atoms with Crippen LogP contribution in [0.3, 0.4) is 0 Å². The number of thiophene rings is 1.